The summed E-state index contributed by atoms with van der Waals surface area (Å²) in [5.74, 6) is -0.163. The number of fused-ring (bicyclic) bond motifs is 4. The van der Waals surface area contributed by atoms with Crippen LogP contribution in [0, 0.1) is 0 Å². The molecule has 2 N–H and O–H groups in total. The van der Waals surface area contributed by atoms with E-state index in [0.717, 1.165) is 22.3 Å². The van der Waals surface area contributed by atoms with Crippen LogP contribution in [-0.4, -0.2) is 43.0 Å². The van der Waals surface area contributed by atoms with Crippen molar-refractivity contribution in [3.8, 4) is 22.6 Å². The van der Waals surface area contributed by atoms with Gasteiger partial charge in [0, 0.05) is 17.9 Å². The maximum Gasteiger partial charge on any atom is 0.407 e. The SMILES string of the molecule is O=C(N[C@@H](Cc1cccc2c1OCCO2)C(=O)O)OCC1c2ccccc2-c2ccccc21. The van der Waals surface area contributed by atoms with Crippen LogP contribution >= 0.6 is 0 Å². The molecule has 1 aliphatic carbocycles. The predicted molar refractivity (Wildman–Crippen MR) is 121 cm³/mol. The van der Waals surface area contributed by atoms with E-state index in [1.165, 1.54) is 0 Å². The Morgan fingerprint density at radius 1 is 0.939 bits per heavy atom. The fraction of sp³-hybridized carbons (Fsp3) is 0.231. The van der Waals surface area contributed by atoms with E-state index in [-0.39, 0.29) is 18.9 Å². The highest BCUT2D eigenvalue weighted by Crippen LogP contribution is 2.44. The number of rotatable bonds is 6. The number of benzene rings is 3. The lowest BCUT2D eigenvalue weighted by atomic mass is 9.98. The normalized spacial score (nSPS) is 14.7. The molecule has 1 atom stereocenters. The molecule has 7 nitrogen and oxygen atoms in total. The number of carboxylic acids is 1. The van der Waals surface area contributed by atoms with Gasteiger partial charge in [-0.25, -0.2) is 9.59 Å². The molecule has 1 aliphatic heterocycles. The molecular formula is C26H23NO6. The van der Waals surface area contributed by atoms with Gasteiger partial charge in [0.05, 0.1) is 0 Å². The zero-order valence-corrected chi connectivity index (χ0v) is 17.8. The number of hydrogen-bond donors (Lipinski definition) is 2. The van der Waals surface area contributed by atoms with Crippen molar-refractivity contribution in [3.05, 3.63) is 83.4 Å². The largest absolute Gasteiger partial charge is 0.486 e. The Kier molecular flexibility index (Phi) is 5.60. The number of nitrogens with one attached hydrogen (secondary N) is 1. The van der Waals surface area contributed by atoms with E-state index in [1.807, 2.05) is 36.4 Å². The molecule has 3 aromatic carbocycles. The van der Waals surface area contributed by atoms with Crippen molar-refractivity contribution >= 4 is 12.1 Å². The van der Waals surface area contributed by atoms with Crippen LogP contribution < -0.4 is 14.8 Å². The average Bonchev–Trinajstić information content (AvgIpc) is 3.16. The third-order valence-corrected chi connectivity index (χ3v) is 6.01. The van der Waals surface area contributed by atoms with Gasteiger partial charge in [0.15, 0.2) is 11.5 Å². The van der Waals surface area contributed by atoms with Crippen molar-refractivity contribution in [3.63, 3.8) is 0 Å². The van der Waals surface area contributed by atoms with Crippen molar-refractivity contribution in [2.45, 2.75) is 18.4 Å². The first kappa shape index (κ1) is 20.9. The van der Waals surface area contributed by atoms with Gasteiger partial charge in [-0.2, -0.15) is 0 Å². The molecule has 0 fully saturated rings. The Balaban J connectivity index is 1.27. The summed E-state index contributed by atoms with van der Waals surface area (Å²) in [5, 5.41) is 12.2. The summed E-state index contributed by atoms with van der Waals surface area (Å²) in [5.41, 5.74) is 5.09. The number of ether oxygens (including phenoxy) is 3. The van der Waals surface area contributed by atoms with Crippen LogP contribution in [0.1, 0.15) is 22.6 Å². The Hall–Kier alpha value is -4.00. The lowest BCUT2D eigenvalue weighted by Crippen LogP contribution is -2.43. The Morgan fingerprint density at radius 3 is 2.30 bits per heavy atom. The summed E-state index contributed by atoms with van der Waals surface area (Å²) in [4.78, 5) is 24.4. The van der Waals surface area contributed by atoms with E-state index in [1.54, 1.807) is 18.2 Å². The first-order valence-corrected chi connectivity index (χ1v) is 10.8. The smallest absolute Gasteiger partial charge is 0.407 e. The third-order valence-electron chi connectivity index (χ3n) is 6.01. The molecule has 0 saturated heterocycles. The molecule has 33 heavy (non-hydrogen) atoms. The molecule has 0 saturated carbocycles. The van der Waals surface area contributed by atoms with Gasteiger partial charge in [-0.15, -0.1) is 0 Å². The Bertz CT molecular complexity index is 1160. The molecule has 1 heterocycles. The van der Waals surface area contributed by atoms with E-state index in [9.17, 15) is 14.7 Å². The molecule has 0 bridgehead atoms. The highest BCUT2D eigenvalue weighted by molar-refractivity contribution is 5.81. The summed E-state index contributed by atoms with van der Waals surface area (Å²) in [7, 11) is 0. The fourth-order valence-electron chi connectivity index (χ4n) is 4.50. The van der Waals surface area contributed by atoms with Gasteiger partial charge in [0.1, 0.15) is 25.9 Å². The number of aliphatic carboxylic acids is 1. The van der Waals surface area contributed by atoms with Crippen LogP contribution in [0.2, 0.25) is 0 Å². The van der Waals surface area contributed by atoms with E-state index < -0.39 is 18.1 Å². The zero-order chi connectivity index (χ0) is 22.8. The van der Waals surface area contributed by atoms with Crippen molar-refractivity contribution in [1.29, 1.82) is 0 Å². The van der Waals surface area contributed by atoms with Crippen LogP contribution in [0.5, 0.6) is 11.5 Å². The maximum absolute atomic E-state index is 12.6. The van der Waals surface area contributed by atoms with Gasteiger partial charge < -0.3 is 24.6 Å². The van der Waals surface area contributed by atoms with E-state index in [2.05, 4.69) is 17.4 Å². The van der Waals surface area contributed by atoms with Crippen LogP contribution in [0.25, 0.3) is 11.1 Å². The number of carbonyl (C=O) groups is 2. The zero-order valence-electron chi connectivity index (χ0n) is 17.8. The molecule has 0 spiro atoms. The number of carbonyl (C=O) groups excluding carboxylic acids is 1. The quantitative estimate of drug-likeness (QED) is 0.596. The van der Waals surface area contributed by atoms with Gasteiger partial charge in [-0.05, 0) is 28.3 Å². The van der Waals surface area contributed by atoms with Gasteiger partial charge in [-0.3, -0.25) is 0 Å². The monoisotopic (exact) mass is 445 g/mol. The summed E-state index contributed by atoms with van der Waals surface area (Å²) in [6.07, 6.45) is -0.724. The summed E-state index contributed by atoms with van der Waals surface area (Å²) < 4.78 is 16.7. The number of alkyl carbamates (subject to hydrolysis) is 1. The molecule has 3 aromatic rings. The molecule has 0 unspecified atom stereocenters. The predicted octanol–water partition coefficient (Wildman–Crippen LogP) is 3.99. The lowest BCUT2D eigenvalue weighted by molar-refractivity contribution is -0.139. The van der Waals surface area contributed by atoms with E-state index >= 15 is 0 Å². The van der Waals surface area contributed by atoms with Crippen LogP contribution in [0.4, 0.5) is 4.79 Å². The first-order valence-electron chi connectivity index (χ1n) is 10.8. The van der Waals surface area contributed by atoms with Crippen LogP contribution in [0.3, 0.4) is 0 Å². The van der Waals surface area contributed by atoms with Crippen molar-refractivity contribution in [1.82, 2.24) is 5.32 Å². The fourth-order valence-corrected chi connectivity index (χ4v) is 4.50. The third kappa shape index (κ3) is 4.09. The summed E-state index contributed by atoms with van der Waals surface area (Å²) >= 11 is 0. The van der Waals surface area contributed by atoms with Gasteiger partial charge in [-0.1, -0.05) is 60.7 Å². The molecule has 0 aromatic heterocycles. The lowest BCUT2D eigenvalue weighted by Gasteiger charge is -2.22. The van der Waals surface area contributed by atoms with E-state index in [4.69, 9.17) is 14.2 Å². The van der Waals surface area contributed by atoms with E-state index in [0.29, 0.717) is 30.3 Å². The second-order valence-corrected chi connectivity index (χ2v) is 8.01. The van der Waals surface area contributed by atoms with Crippen molar-refractivity contribution in [2.75, 3.05) is 19.8 Å². The minimum absolute atomic E-state index is 0.0477. The molecule has 2 aliphatic rings. The second kappa shape index (κ2) is 8.86. The van der Waals surface area contributed by atoms with Crippen LogP contribution in [0.15, 0.2) is 66.7 Å². The highest BCUT2D eigenvalue weighted by atomic mass is 16.6. The Labute approximate surface area is 190 Å². The second-order valence-electron chi connectivity index (χ2n) is 8.01. The number of amides is 1. The van der Waals surface area contributed by atoms with Gasteiger partial charge in [0.25, 0.3) is 0 Å². The number of para-hydroxylation sites is 1. The first-order chi connectivity index (χ1) is 16.1. The van der Waals surface area contributed by atoms with Gasteiger partial charge in [0.2, 0.25) is 0 Å². The summed E-state index contributed by atoms with van der Waals surface area (Å²) in [6, 6.07) is 20.2. The van der Waals surface area contributed by atoms with Gasteiger partial charge >= 0.3 is 12.1 Å². The minimum Gasteiger partial charge on any atom is -0.486 e. The average molecular weight is 445 g/mol. The van der Waals surface area contributed by atoms with Crippen LogP contribution in [-0.2, 0) is 16.0 Å². The highest BCUT2D eigenvalue weighted by Gasteiger charge is 2.30. The van der Waals surface area contributed by atoms with Crippen molar-refractivity contribution < 1.29 is 28.9 Å². The Morgan fingerprint density at radius 2 is 1.61 bits per heavy atom. The summed E-state index contributed by atoms with van der Waals surface area (Å²) in [6.45, 7) is 0.947. The van der Waals surface area contributed by atoms with Crippen molar-refractivity contribution in [2.24, 2.45) is 0 Å². The molecule has 0 radical (unpaired) electrons. The molecular weight excluding hydrogens is 422 g/mol. The molecule has 5 rings (SSSR count). The standard InChI is InChI=1S/C26H23NO6/c28-25(29)22(14-16-6-5-11-23-24(16)32-13-12-31-23)27-26(30)33-15-21-19-9-3-1-7-17(19)18-8-2-4-10-20(18)21/h1-11,21-22H,12-15H2,(H,27,30)(H,28,29)/t22-/m0/s1. The topological polar surface area (TPSA) is 94.1 Å². The number of hydrogen-bond acceptors (Lipinski definition) is 5. The molecule has 1 amide bonds. The molecule has 7 heteroatoms. The minimum atomic E-state index is -1.17. The molecule has 168 valence electrons. The number of carboxylic acid groups (broad SMARTS) is 1. The maximum atomic E-state index is 12.6.